The minimum atomic E-state index is -5.32. The number of amides is 1. The van der Waals surface area contributed by atoms with Crippen LogP contribution in [0.15, 0.2) is 54.7 Å². The molecule has 2 aromatic carbocycles. The first-order chi connectivity index (χ1) is 27.4. The van der Waals surface area contributed by atoms with Crippen molar-refractivity contribution in [1.82, 2.24) is 9.88 Å². The molecular formula is C42H52ClF3N3O8P. The number of methoxy groups -OCH3 is 1. The number of likely N-dealkylation sites (N-methyl/N-ethyl adjacent to an activating group) is 1. The highest BCUT2D eigenvalue weighted by molar-refractivity contribution is 7.47. The molecule has 316 valence electrons. The van der Waals surface area contributed by atoms with Crippen molar-refractivity contribution in [2.75, 3.05) is 45.9 Å². The molecule has 3 aliphatic rings. The summed E-state index contributed by atoms with van der Waals surface area (Å²) in [5, 5.41) is 0.0897. The van der Waals surface area contributed by atoms with Crippen molar-refractivity contribution in [3.63, 3.8) is 0 Å². The monoisotopic (exact) mass is 849 g/mol. The first-order valence-corrected chi connectivity index (χ1v) is 21.6. The lowest BCUT2D eigenvalue weighted by molar-refractivity contribution is -0.174. The van der Waals surface area contributed by atoms with Crippen LogP contribution in [0.2, 0.25) is 5.02 Å². The van der Waals surface area contributed by atoms with E-state index < -0.39 is 36.8 Å². The number of nitrogens with zero attached hydrogens (tertiary/aromatic N) is 3. The number of rotatable bonds is 14. The predicted molar refractivity (Wildman–Crippen MR) is 213 cm³/mol. The summed E-state index contributed by atoms with van der Waals surface area (Å²) in [4.78, 5) is 44.7. The molecule has 1 fully saturated rings. The summed E-state index contributed by atoms with van der Waals surface area (Å²) in [7, 11) is 0.171. The molecule has 1 saturated carbocycles. The van der Waals surface area contributed by atoms with Gasteiger partial charge in [-0.25, -0.2) is 9.36 Å². The van der Waals surface area contributed by atoms with E-state index in [2.05, 4.69) is 18.8 Å². The molecule has 0 saturated heterocycles. The van der Waals surface area contributed by atoms with Crippen molar-refractivity contribution in [3.8, 4) is 11.5 Å². The molecule has 0 bridgehead atoms. The molecule has 1 N–H and O–H groups in total. The van der Waals surface area contributed by atoms with Crippen LogP contribution in [0, 0.1) is 11.8 Å². The zero-order valence-corrected chi connectivity index (χ0v) is 35.2. The van der Waals surface area contributed by atoms with Crippen LogP contribution in [0.3, 0.4) is 0 Å². The van der Waals surface area contributed by atoms with Crippen LogP contribution >= 0.6 is 19.4 Å². The zero-order valence-electron chi connectivity index (χ0n) is 33.5. The fourth-order valence-electron chi connectivity index (χ4n) is 9.39. The van der Waals surface area contributed by atoms with Crippen molar-refractivity contribution in [2.45, 2.75) is 94.7 Å². The van der Waals surface area contributed by atoms with E-state index in [-0.39, 0.29) is 60.6 Å². The molecule has 0 aliphatic heterocycles. The molecule has 6 rings (SSSR count). The summed E-state index contributed by atoms with van der Waals surface area (Å²) in [5.74, 6) is -1.98. The molecule has 0 radical (unpaired) electrons. The third kappa shape index (κ3) is 9.21. The molecule has 11 nitrogen and oxygen atoms in total. The Morgan fingerprint density at radius 2 is 1.84 bits per heavy atom. The van der Waals surface area contributed by atoms with Crippen molar-refractivity contribution in [1.29, 1.82) is 0 Å². The highest BCUT2D eigenvalue weighted by Gasteiger charge is 2.60. The molecule has 3 aromatic rings. The number of carbonyl (C=O) groups is 2. The number of benzene rings is 2. The van der Waals surface area contributed by atoms with Gasteiger partial charge in [-0.3, -0.25) is 24.1 Å². The normalized spacial score (nSPS) is 24.4. The summed E-state index contributed by atoms with van der Waals surface area (Å²) in [5.41, 5.74) is 1.05. The third-order valence-corrected chi connectivity index (χ3v) is 13.3. The zero-order chi connectivity index (χ0) is 42.0. The number of alkyl halides is 3. The van der Waals surface area contributed by atoms with E-state index in [0.29, 0.717) is 36.8 Å². The molecule has 1 spiro atoms. The van der Waals surface area contributed by atoms with Crippen LogP contribution in [0.1, 0.15) is 87.1 Å². The first-order valence-electron chi connectivity index (χ1n) is 19.7. The number of hydrogen-bond acceptors (Lipinski definition) is 9. The Hall–Kier alpha value is -3.68. The van der Waals surface area contributed by atoms with Gasteiger partial charge in [0.15, 0.2) is 0 Å². The Bertz CT molecular complexity index is 2030. The van der Waals surface area contributed by atoms with Gasteiger partial charge in [-0.15, -0.1) is 0 Å². The molecule has 1 amide bonds. The fraction of sp³-hybridized carbons (Fsp3) is 0.548. The Morgan fingerprint density at radius 3 is 2.52 bits per heavy atom. The number of carbonyl (C=O) groups excluding carboxylic acids is 2. The van der Waals surface area contributed by atoms with Crippen LogP contribution in [0.5, 0.6) is 11.5 Å². The molecule has 58 heavy (non-hydrogen) atoms. The molecule has 1 aromatic heterocycles. The van der Waals surface area contributed by atoms with Crippen LogP contribution in [0.25, 0.3) is 0 Å². The van der Waals surface area contributed by atoms with Gasteiger partial charge in [0.25, 0.3) is 0 Å². The van der Waals surface area contributed by atoms with Crippen LogP contribution in [-0.2, 0) is 41.7 Å². The van der Waals surface area contributed by atoms with Crippen molar-refractivity contribution >= 4 is 37.0 Å². The van der Waals surface area contributed by atoms with E-state index in [4.69, 9.17) is 30.1 Å². The number of ether oxygens (including phenoxy) is 2. The van der Waals surface area contributed by atoms with Crippen molar-refractivity contribution < 1.29 is 50.7 Å². The highest BCUT2D eigenvalue weighted by atomic mass is 35.5. The number of phosphoric ester groups is 1. The van der Waals surface area contributed by atoms with Gasteiger partial charge in [-0.1, -0.05) is 37.6 Å². The number of anilines is 1. The average Bonchev–Trinajstić information content (AvgIpc) is 3.44. The topological polar surface area (TPSA) is 128 Å². The van der Waals surface area contributed by atoms with E-state index in [9.17, 15) is 32.2 Å². The number of phosphoric acid groups is 1. The summed E-state index contributed by atoms with van der Waals surface area (Å²) in [6, 6.07) is 12.5. The maximum atomic E-state index is 14.4. The number of aromatic nitrogens is 1. The van der Waals surface area contributed by atoms with Gasteiger partial charge in [-0.05, 0) is 143 Å². The lowest BCUT2D eigenvalue weighted by Crippen LogP contribution is -2.63. The number of esters is 1. The van der Waals surface area contributed by atoms with E-state index in [1.54, 1.807) is 37.3 Å². The van der Waals surface area contributed by atoms with Gasteiger partial charge in [0.05, 0.1) is 20.3 Å². The Morgan fingerprint density at radius 1 is 1.10 bits per heavy atom. The average molecular weight is 850 g/mol. The third-order valence-electron chi connectivity index (χ3n) is 12.1. The lowest BCUT2D eigenvalue weighted by atomic mass is 9.59. The second-order valence-electron chi connectivity index (χ2n) is 16.3. The number of fused-ring (bicyclic) bond motifs is 3. The minimum absolute atomic E-state index is 0.0273. The lowest BCUT2D eigenvalue weighted by Gasteiger charge is -2.51. The second-order valence-corrected chi connectivity index (χ2v) is 18.1. The van der Waals surface area contributed by atoms with Gasteiger partial charge in [0.1, 0.15) is 17.0 Å². The SMILES string of the molecule is COC(=O)C1(N(C(=O)C(F)(F)F)c2cccc(Cl)c2)CCC2(CC1)c1cc(OP(=O)(O)OCCN(C)C)ccc1C[C@@H]2C[C@@H](C)COc1ccnc2c1[C@H](C)CCC2. The minimum Gasteiger partial charge on any atom is -0.493 e. The highest BCUT2D eigenvalue weighted by Crippen LogP contribution is 2.58. The summed E-state index contributed by atoms with van der Waals surface area (Å²) >= 11 is 6.23. The summed E-state index contributed by atoms with van der Waals surface area (Å²) in [6.45, 7) is 5.03. The predicted octanol–water partition coefficient (Wildman–Crippen LogP) is 8.83. The quantitative estimate of drug-likeness (QED) is 0.124. The molecule has 3 aliphatic carbocycles. The van der Waals surface area contributed by atoms with Crippen LogP contribution in [-0.4, -0.2) is 79.3 Å². The first kappa shape index (κ1) is 43.9. The summed E-state index contributed by atoms with van der Waals surface area (Å²) in [6.07, 6.45) is 0.789. The van der Waals surface area contributed by atoms with Crippen LogP contribution in [0.4, 0.5) is 18.9 Å². The largest absolute Gasteiger partial charge is 0.527 e. The second kappa shape index (κ2) is 17.5. The number of halogens is 4. The summed E-state index contributed by atoms with van der Waals surface area (Å²) < 4.78 is 78.7. The maximum absolute atomic E-state index is 14.4. The van der Waals surface area contributed by atoms with Gasteiger partial charge in [-0.2, -0.15) is 13.2 Å². The smallest absolute Gasteiger partial charge is 0.493 e. The van der Waals surface area contributed by atoms with Gasteiger partial charge in [0, 0.05) is 34.7 Å². The van der Waals surface area contributed by atoms with Gasteiger partial charge < -0.3 is 18.9 Å². The fourth-order valence-corrected chi connectivity index (χ4v) is 10.3. The van der Waals surface area contributed by atoms with E-state index >= 15 is 0 Å². The van der Waals surface area contributed by atoms with E-state index in [1.807, 2.05) is 12.1 Å². The van der Waals surface area contributed by atoms with Gasteiger partial charge in [0.2, 0.25) is 0 Å². The molecule has 1 unspecified atom stereocenters. The maximum Gasteiger partial charge on any atom is 0.527 e. The molecule has 1 heterocycles. The van der Waals surface area contributed by atoms with E-state index in [1.165, 1.54) is 24.3 Å². The van der Waals surface area contributed by atoms with Crippen molar-refractivity contribution in [2.24, 2.45) is 11.8 Å². The molecule has 16 heteroatoms. The molecule has 4 atom stereocenters. The van der Waals surface area contributed by atoms with E-state index in [0.717, 1.165) is 54.5 Å². The number of pyridine rings is 1. The van der Waals surface area contributed by atoms with Crippen molar-refractivity contribution in [3.05, 3.63) is 82.1 Å². The number of hydrogen-bond donors (Lipinski definition) is 1. The molecular weight excluding hydrogens is 798 g/mol. The number of aryl methyl sites for hydroxylation is 1. The van der Waals surface area contributed by atoms with Crippen LogP contribution < -0.4 is 14.2 Å². The Balaban J connectivity index is 1.34. The Kier molecular flexibility index (Phi) is 13.2. The van der Waals surface area contributed by atoms with Gasteiger partial charge >= 0.3 is 25.9 Å². The Labute approximate surface area is 342 Å². The standard InChI is InChI=1S/C42H52ClF3N3O8P/c1-27(26-55-36-14-19-47-35-11-6-8-28(2)37(35)36)22-30-23-29-12-13-33(57-58(52,53)56-21-20-48(3)4)25-34(29)40(30)15-17-41(18-16-40,39(51)54-5)49(38(50)42(44,45)46)32-10-7-9-31(43)24-32/h7,9-10,12-14,19,24-25,27-28,30H,6,8,11,15-18,20-23,26H2,1-5H3,(H,52,53)/t27-,28-,30+,40?,41?/m1/s1.